The molecule has 6 heteroatoms. The van der Waals surface area contributed by atoms with Gasteiger partial charge in [0.1, 0.15) is 0 Å². The Morgan fingerprint density at radius 3 is 2.12 bits per heavy atom. The van der Waals surface area contributed by atoms with E-state index >= 15 is 0 Å². The smallest absolute Gasteiger partial charge is 0.275 e. The quantitative estimate of drug-likeness (QED) is 0.584. The summed E-state index contributed by atoms with van der Waals surface area (Å²) in [5.74, 6) is -0.387. The first-order chi connectivity index (χ1) is 12.1. The third kappa shape index (κ3) is 8.76. The Balaban J connectivity index is 2.59. The monoisotopic (exact) mass is 362 g/mol. The van der Waals surface area contributed by atoms with E-state index < -0.39 is 6.04 Å². The van der Waals surface area contributed by atoms with E-state index in [2.05, 4.69) is 10.6 Å². The zero-order valence-electron chi connectivity index (χ0n) is 16.5. The maximum Gasteiger partial charge on any atom is 0.275 e. The number of hydrogen-bond donors (Lipinski definition) is 3. The molecule has 0 fully saturated rings. The van der Waals surface area contributed by atoms with Crippen LogP contribution in [0.15, 0.2) is 30.3 Å². The molecule has 3 N–H and O–H groups in total. The van der Waals surface area contributed by atoms with E-state index in [-0.39, 0.29) is 36.2 Å². The van der Waals surface area contributed by atoms with Gasteiger partial charge in [-0.2, -0.15) is 0 Å². The summed E-state index contributed by atoms with van der Waals surface area (Å²) in [7, 11) is 0. The zero-order chi connectivity index (χ0) is 19.7. The Labute approximate surface area is 156 Å². The molecule has 0 aromatic heterocycles. The van der Waals surface area contributed by atoms with Crippen molar-refractivity contribution in [3.05, 3.63) is 35.9 Å². The Morgan fingerprint density at radius 2 is 1.62 bits per heavy atom. The van der Waals surface area contributed by atoms with Gasteiger partial charge in [-0.25, -0.2) is 0 Å². The highest BCUT2D eigenvalue weighted by Crippen LogP contribution is 2.04. The second kappa shape index (κ2) is 10.1. The molecule has 26 heavy (non-hydrogen) atoms. The van der Waals surface area contributed by atoms with Crippen LogP contribution < -0.4 is 15.5 Å². The van der Waals surface area contributed by atoms with Crippen LogP contribution in [0.2, 0.25) is 0 Å². The molecule has 144 valence electrons. The molecule has 2 amide bonds. The number of quaternary nitrogens is 1. The van der Waals surface area contributed by atoms with Crippen LogP contribution in [-0.2, 0) is 20.8 Å². The van der Waals surface area contributed by atoms with Gasteiger partial charge in [0.15, 0.2) is 18.9 Å². The highest BCUT2D eigenvalue weighted by molar-refractivity contribution is 5.88. The van der Waals surface area contributed by atoms with E-state index in [0.717, 1.165) is 10.5 Å². The molecule has 1 aromatic carbocycles. The summed E-state index contributed by atoms with van der Waals surface area (Å²) in [4.78, 5) is 37.2. The lowest BCUT2D eigenvalue weighted by molar-refractivity contribution is -0.881. The summed E-state index contributed by atoms with van der Waals surface area (Å²) in [6.45, 7) is 10.2. The molecule has 0 spiro atoms. The molecule has 2 atom stereocenters. The fourth-order valence-electron chi connectivity index (χ4n) is 2.62. The van der Waals surface area contributed by atoms with E-state index in [4.69, 9.17) is 0 Å². The van der Waals surface area contributed by atoms with Crippen LogP contribution in [0.4, 0.5) is 0 Å². The number of rotatable bonds is 9. The van der Waals surface area contributed by atoms with Crippen LogP contribution in [0.1, 0.15) is 40.2 Å². The Hall–Kier alpha value is -2.21. The van der Waals surface area contributed by atoms with Gasteiger partial charge in [0.2, 0.25) is 0 Å². The van der Waals surface area contributed by atoms with Crippen LogP contribution in [0, 0.1) is 0 Å². The van der Waals surface area contributed by atoms with E-state index in [1.165, 1.54) is 6.92 Å². The number of benzene rings is 1. The maximum atomic E-state index is 12.4. The first-order valence-electron chi connectivity index (χ1n) is 9.09. The topological polar surface area (TPSA) is 79.7 Å². The average Bonchev–Trinajstić information content (AvgIpc) is 2.52. The minimum atomic E-state index is -0.550. The summed E-state index contributed by atoms with van der Waals surface area (Å²) < 4.78 is 0. The van der Waals surface area contributed by atoms with Crippen LogP contribution in [0.25, 0.3) is 0 Å². The molecule has 0 bridgehead atoms. The zero-order valence-corrected chi connectivity index (χ0v) is 16.5. The average molecular weight is 362 g/mol. The summed E-state index contributed by atoms with van der Waals surface area (Å²) in [5, 5.41) is 5.71. The van der Waals surface area contributed by atoms with E-state index in [0.29, 0.717) is 13.0 Å². The standard InChI is InChI=1S/C20H31N3O3/c1-6-23(14-19(26)22-20(3,4)5)13-18(25)21-17(15(2)24)12-16-10-8-7-9-11-16/h7-11,17H,6,12-14H2,1-5H3,(H,21,25)(H,22,26)/p+1/t17-/m1/s1. The van der Waals surface area contributed by atoms with E-state index in [1.54, 1.807) is 0 Å². The van der Waals surface area contributed by atoms with Crippen molar-refractivity contribution in [3.8, 4) is 0 Å². The van der Waals surface area contributed by atoms with Gasteiger partial charge in [0, 0.05) is 5.54 Å². The number of hydrogen-bond acceptors (Lipinski definition) is 3. The van der Waals surface area contributed by atoms with Crippen LogP contribution in [0.3, 0.4) is 0 Å². The van der Waals surface area contributed by atoms with Crippen molar-refractivity contribution >= 4 is 17.6 Å². The fourth-order valence-corrected chi connectivity index (χ4v) is 2.62. The Kier molecular flexibility index (Phi) is 8.45. The normalized spacial score (nSPS) is 13.6. The van der Waals surface area contributed by atoms with Gasteiger partial charge in [-0.1, -0.05) is 30.3 Å². The van der Waals surface area contributed by atoms with Crippen LogP contribution >= 0.6 is 0 Å². The third-order valence-corrected chi connectivity index (χ3v) is 3.94. The molecule has 1 aromatic rings. The molecule has 0 aliphatic carbocycles. The summed E-state index contributed by atoms with van der Waals surface area (Å²) in [6.07, 6.45) is 0.466. The predicted octanol–water partition coefficient (Wildman–Crippen LogP) is 0.122. The lowest BCUT2D eigenvalue weighted by Crippen LogP contribution is -3.14. The number of ketones is 1. The molecule has 0 aliphatic heterocycles. The number of amides is 2. The first-order valence-corrected chi connectivity index (χ1v) is 9.09. The molecule has 1 unspecified atom stereocenters. The lowest BCUT2D eigenvalue weighted by atomic mass is 10.0. The Bertz CT molecular complexity index is 608. The lowest BCUT2D eigenvalue weighted by Gasteiger charge is -2.23. The van der Waals surface area contributed by atoms with Gasteiger partial charge in [-0.05, 0) is 46.6 Å². The van der Waals surface area contributed by atoms with Gasteiger partial charge < -0.3 is 15.5 Å². The molecule has 0 radical (unpaired) electrons. The van der Waals surface area contributed by atoms with Crippen LogP contribution in [-0.4, -0.2) is 48.8 Å². The van der Waals surface area contributed by atoms with Crippen molar-refractivity contribution in [2.24, 2.45) is 0 Å². The molecule has 0 aliphatic rings. The number of Topliss-reactive ketones (excluding diaryl/α,β-unsaturated/α-hetero) is 1. The summed E-state index contributed by atoms with van der Waals surface area (Å²) >= 11 is 0. The summed E-state index contributed by atoms with van der Waals surface area (Å²) in [5.41, 5.74) is 0.699. The number of nitrogens with one attached hydrogen (secondary N) is 3. The molecule has 0 saturated carbocycles. The fraction of sp³-hybridized carbons (Fsp3) is 0.550. The van der Waals surface area contributed by atoms with E-state index in [1.807, 2.05) is 58.0 Å². The molecule has 6 nitrogen and oxygen atoms in total. The van der Waals surface area contributed by atoms with Gasteiger partial charge >= 0.3 is 0 Å². The maximum absolute atomic E-state index is 12.4. The van der Waals surface area contributed by atoms with Crippen molar-refractivity contribution in [2.45, 2.75) is 52.6 Å². The minimum Gasteiger partial charge on any atom is -0.347 e. The molecule has 1 rings (SSSR count). The molecule has 0 saturated heterocycles. The predicted molar refractivity (Wildman–Crippen MR) is 102 cm³/mol. The molecule has 0 heterocycles. The number of carbonyl (C=O) groups is 3. The van der Waals surface area contributed by atoms with Gasteiger partial charge in [-0.3, -0.25) is 14.4 Å². The van der Waals surface area contributed by atoms with Gasteiger partial charge in [0.05, 0.1) is 12.6 Å². The van der Waals surface area contributed by atoms with Crippen molar-refractivity contribution < 1.29 is 19.3 Å². The van der Waals surface area contributed by atoms with Crippen molar-refractivity contribution in [3.63, 3.8) is 0 Å². The second-order valence-electron chi connectivity index (χ2n) is 7.68. The Morgan fingerprint density at radius 1 is 1.04 bits per heavy atom. The minimum absolute atomic E-state index is 0.0780. The van der Waals surface area contributed by atoms with Gasteiger partial charge in [-0.15, -0.1) is 0 Å². The number of carbonyl (C=O) groups excluding carboxylic acids is 3. The summed E-state index contributed by atoms with van der Waals surface area (Å²) in [6, 6.07) is 9.04. The van der Waals surface area contributed by atoms with E-state index in [9.17, 15) is 14.4 Å². The van der Waals surface area contributed by atoms with Crippen molar-refractivity contribution in [1.82, 2.24) is 10.6 Å². The second-order valence-corrected chi connectivity index (χ2v) is 7.68. The SMILES string of the molecule is CC[NH+](CC(=O)N[C@H](Cc1ccccc1)C(C)=O)CC(=O)NC(C)(C)C. The van der Waals surface area contributed by atoms with Crippen molar-refractivity contribution in [1.29, 1.82) is 0 Å². The molecular weight excluding hydrogens is 330 g/mol. The van der Waals surface area contributed by atoms with Crippen LogP contribution in [0.5, 0.6) is 0 Å². The molecular formula is C20H32N3O3+. The highest BCUT2D eigenvalue weighted by atomic mass is 16.2. The first kappa shape index (κ1) is 21.8. The van der Waals surface area contributed by atoms with Gasteiger partial charge in [0.25, 0.3) is 11.8 Å². The largest absolute Gasteiger partial charge is 0.347 e. The third-order valence-electron chi connectivity index (χ3n) is 3.94. The number of likely N-dealkylation sites (N-methyl/N-ethyl adjacent to an activating group) is 1. The van der Waals surface area contributed by atoms with Crippen molar-refractivity contribution in [2.75, 3.05) is 19.6 Å². The highest BCUT2D eigenvalue weighted by Gasteiger charge is 2.23.